The second-order valence-corrected chi connectivity index (χ2v) is 15.2. The minimum Gasteiger partial charge on any atom is -0.321 e. The molecular formula is C28H25ClN4O5S2. The van der Waals surface area contributed by atoms with E-state index in [0.29, 0.717) is 33.1 Å². The van der Waals surface area contributed by atoms with Gasteiger partial charge in [-0.2, -0.15) is 5.26 Å². The molecule has 1 aliphatic carbocycles. The molecule has 206 valence electrons. The summed E-state index contributed by atoms with van der Waals surface area (Å²) < 4.78 is 54.9. The number of anilines is 2. The number of nitrogens with zero attached hydrogens (tertiary/aromatic N) is 3. The average Bonchev–Trinajstić information content (AvgIpc) is 3.73. The van der Waals surface area contributed by atoms with Gasteiger partial charge in [-0.05, 0) is 85.7 Å². The Morgan fingerprint density at radius 2 is 1.77 bits per heavy atom. The van der Waals surface area contributed by atoms with Gasteiger partial charge in [0.25, 0.3) is 15.9 Å². The van der Waals surface area contributed by atoms with Gasteiger partial charge in [0.1, 0.15) is 9.84 Å². The Hall–Kier alpha value is -3.46. The SMILES string of the molecule is N#Cc1ccc(S(=O)(=O)N2c3ccc(C(=O)Nc4cncc(Cl)c4)cc3C3(CCS(=O)(=O)CC3)C2C2CC2)cc1. The molecule has 9 nitrogen and oxygen atoms in total. The Morgan fingerprint density at radius 1 is 1.07 bits per heavy atom. The van der Waals surface area contributed by atoms with Gasteiger partial charge in [0, 0.05) is 17.2 Å². The van der Waals surface area contributed by atoms with Gasteiger partial charge in [-0.3, -0.25) is 14.1 Å². The Bertz CT molecular complexity index is 1770. The third kappa shape index (κ3) is 4.54. The third-order valence-corrected chi connectivity index (χ3v) is 11.8. The number of amides is 1. The summed E-state index contributed by atoms with van der Waals surface area (Å²) in [5.74, 6) is -0.450. The molecule has 1 amide bonds. The summed E-state index contributed by atoms with van der Waals surface area (Å²) in [4.78, 5) is 17.3. The second kappa shape index (κ2) is 9.58. The lowest BCUT2D eigenvalue weighted by Crippen LogP contribution is -2.52. The van der Waals surface area contributed by atoms with Crippen LogP contribution in [0.5, 0.6) is 0 Å². The summed E-state index contributed by atoms with van der Waals surface area (Å²) in [5, 5.41) is 12.3. The Labute approximate surface area is 237 Å². The molecule has 1 unspecified atom stereocenters. The minimum atomic E-state index is -4.07. The Balaban J connectivity index is 1.48. The monoisotopic (exact) mass is 596 g/mol. The van der Waals surface area contributed by atoms with Crippen molar-refractivity contribution >= 4 is 48.7 Å². The highest BCUT2D eigenvalue weighted by atomic mass is 35.5. The van der Waals surface area contributed by atoms with Gasteiger partial charge in [0.2, 0.25) is 0 Å². The first-order valence-corrected chi connectivity index (χ1v) is 16.5. The minimum absolute atomic E-state index is 0.0506. The molecule has 1 saturated heterocycles. The topological polar surface area (TPSA) is 137 Å². The molecule has 1 spiro atoms. The van der Waals surface area contributed by atoms with Crippen LogP contribution in [-0.4, -0.2) is 45.3 Å². The number of fused-ring (bicyclic) bond motifs is 2. The number of benzene rings is 2. The second-order valence-electron chi connectivity index (χ2n) is 10.6. The van der Waals surface area contributed by atoms with Crippen molar-refractivity contribution < 1.29 is 21.6 Å². The maximum absolute atomic E-state index is 14.2. The van der Waals surface area contributed by atoms with Crippen LogP contribution in [0.15, 0.2) is 65.8 Å². The van der Waals surface area contributed by atoms with Crippen LogP contribution in [0.25, 0.3) is 0 Å². The molecule has 1 atom stereocenters. The molecule has 1 saturated carbocycles. The maximum Gasteiger partial charge on any atom is 0.264 e. The summed E-state index contributed by atoms with van der Waals surface area (Å²) in [6.45, 7) is 0. The van der Waals surface area contributed by atoms with Crippen molar-refractivity contribution in [3.8, 4) is 6.07 Å². The molecular weight excluding hydrogens is 572 g/mol. The van der Waals surface area contributed by atoms with Crippen molar-refractivity contribution in [2.45, 2.75) is 42.0 Å². The molecule has 3 aromatic rings. The van der Waals surface area contributed by atoms with E-state index in [1.54, 1.807) is 24.3 Å². The normalized spacial score (nSPS) is 21.0. The number of nitriles is 1. The van der Waals surface area contributed by atoms with Crippen molar-refractivity contribution in [3.63, 3.8) is 0 Å². The van der Waals surface area contributed by atoms with Gasteiger partial charge >= 0.3 is 0 Å². The largest absolute Gasteiger partial charge is 0.321 e. The van der Waals surface area contributed by atoms with Crippen LogP contribution in [0.1, 0.15) is 47.2 Å². The third-order valence-electron chi connectivity index (χ3n) is 8.14. The van der Waals surface area contributed by atoms with Crippen molar-refractivity contribution in [1.82, 2.24) is 4.98 Å². The van der Waals surface area contributed by atoms with Crippen LogP contribution in [0.4, 0.5) is 11.4 Å². The van der Waals surface area contributed by atoms with Gasteiger partial charge in [-0.1, -0.05) is 11.6 Å². The van der Waals surface area contributed by atoms with E-state index < -0.39 is 37.2 Å². The van der Waals surface area contributed by atoms with Gasteiger partial charge < -0.3 is 5.32 Å². The summed E-state index contributed by atoms with van der Waals surface area (Å²) in [7, 11) is -7.33. The summed E-state index contributed by atoms with van der Waals surface area (Å²) in [6, 6.07) is 13.8. The lowest BCUT2D eigenvalue weighted by atomic mass is 9.70. The highest BCUT2D eigenvalue weighted by molar-refractivity contribution is 7.93. The molecule has 0 radical (unpaired) electrons. The molecule has 12 heteroatoms. The highest BCUT2D eigenvalue weighted by Crippen LogP contribution is 2.59. The van der Waals surface area contributed by atoms with Crippen molar-refractivity contribution in [2.24, 2.45) is 5.92 Å². The number of carbonyl (C=O) groups is 1. The van der Waals surface area contributed by atoms with Crippen LogP contribution >= 0.6 is 11.6 Å². The molecule has 2 fully saturated rings. The number of hydrogen-bond acceptors (Lipinski definition) is 7. The molecule has 1 N–H and O–H groups in total. The first-order valence-electron chi connectivity index (χ1n) is 12.9. The summed E-state index contributed by atoms with van der Waals surface area (Å²) in [5.41, 5.74) is 1.46. The number of rotatable bonds is 5. The summed E-state index contributed by atoms with van der Waals surface area (Å²) in [6.07, 6.45) is 5.13. The van der Waals surface area contributed by atoms with Crippen LogP contribution in [0.3, 0.4) is 0 Å². The van der Waals surface area contributed by atoms with E-state index >= 15 is 0 Å². The van der Waals surface area contributed by atoms with E-state index in [-0.39, 0.29) is 35.2 Å². The van der Waals surface area contributed by atoms with E-state index in [4.69, 9.17) is 11.6 Å². The van der Waals surface area contributed by atoms with Crippen LogP contribution in [0.2, 0.25) is 5.02 Å². The zero-order chi connectivity index (χ0) is 28.3. The Kier molecular flexibility index (Phi) is 6.40. The first kappa shape index (κ1) is 26.7. The lowest BCUT2D eigenvalue weighted by Gasteiger charge is -2.41. The number of sulfonamides is 1. The first-order chi connectivity index (χ1) is 19.0. The van der Waals surface area contributed by atoms with Crippen LogP contribution in [-0.2, 0) is 25.3 Å². The number of sulfone groups is 1. The van der Waals surface area contributed by atoms with Gasteiger partial charge in [-0.25, -0.2) is 16.8 Å². The van der Waals surface area contributed by atoms with Crippen molar-refractivity contribution in [3.05, 3.63) is 82.6 Å². The molecule has 40 heavy (non-hydrogen) atoms. The predicted octanol–water partition coefficient (Wildman–Crippen LogP) is 4.29. The smallest absolute Gasteiger partial charge is 0.264 e. The van der Waals surface area contributed by atoms with Gasteiger partial charge in [0.05, 0.1) is 56.7 Å². The van der Waals surface area contributed by atoms with E-state index in [1.165, 1.54) is 41.0 Å². The quantitative estimate of drug-likeness (QED) is 0.464. The number of aromatic nitrogens is 1. The maximum atomic E-state index is 14.2. The molecule has 3 aliphatic rings. The standard InChI is InChI=1S/C28H25ClN4O5S2/c29-21-14-22(17-31-16-21)32-27(34)20-5-8-25-24(13-20)28(9-11-39(35,36)12-10-28)26(19-3-4-19)33(25)40(37,38)23-6-1-18(15-30)2-7-23/h1-2,5-8,13-14,16-17,19,26H,3-4,9-12H2,(H,32,34). The van der Waals surface area contributed by atoms with E-state index in [9.17, 15) is 26.9 Å². The number of carbonyl (C=O) groups excluding carboxylic acids is 1. The Morgan fingerprint density at radius 3 is 2.40 bits per heavy atom. The molecule has 2 aliphatic heterocycles. The van der Waals surface area contributed by atoms with Crippen LogP contribution in [0, 0.1) is 17.2 Å². The number of pyridine rings is 1. The van der Waals surface area contributed by atoms with Crippen LogP contribution < -0.4 is 9.62 Å². The van der Waals surface area contributed by atoms with E-state index in [2.05, 4.69) is 10.3 Å². The molecule has 0 bridgehead atoms. The molecule has 1 aromatic heterocycles. The molecule has 2 aromatic carbocycles. The van der Waals surface area contributed by atoms with E-state index in [1.807, 2.05) is 6.07 Å². The fourth-order valence-corrected chi connectivity index (χ4v) is 9.63. The highest BCUT2D eigenvalue weighted by Gasteiger charge is 2.60. The van der Waals surface area contributed by atoms with Crippen molar-refractivity contribution in [1.29, 1.82) is 5.26 Å². The average molecular weight is 597 g/mol. The zero-order valence-electron chi connectivity index (χ0n) is 21.2. The number of halogens is 1. The summed E-state index contributed by atoms with van der Waals surface area (Å²) >= 11 is 6.01. The lowest BCUT2D eigenvalue weighted by molar-refractivity contribution is 0.102. The molecule has 6 rings (SSSR count). The van der Waals surface area contributed by atoms with E-state index in [0.717, 1.165) is 12.8 Å². The predicted molar refractivity (Wildman–Crippen MR) is 151 cm³/mol. The number of hydrogen-bond donors (Lipinski definition) is 1. The fraction of sp³-hybridized carbons (Fsp3) is 0.321. The fourth-order valence-electron chi connectivity index (χ4n) is 6.10. The van der Waals surface area contributed by atoms with Crippen molar-refractivity contribution in [2.75, 3.05) is 21.1 Å². The van der Waals surface area contributed by atoms with Gasteiger partial charge in [-0.15, -0.1) is 0 Å². The number of nitrogens with one attached hydrogen (secondary N) is 1. The molecule has 3 heterocycles. The zero-order valence-corrected chi connectivity index (χ0v) is 23.6. The van der Waals surface area contributed by atoms with Gasteiger partial charge in [0.15, 0.2) is 0 Å².